The van der Waals surface area contributed by atoms with Gasteiger partial charge in [-0.2, -0.15) is 0 Å². The van der Waals surface area contributed by atoms with Crippen molar-refractivity contribution < 1.29 is 0 Å². The molecule has 102 valence electrons. The van der Waals surface area contributed by atoms with Crippen LogP contribution in [0.3, 0.4) is 0 Å². The number of hydrogen-bond acceptors (Lipinski definition) is 3. The summed E-state index contributed by atoms with van der Waals surface area (Å²) in [6.45, 7) is 13.0. The Morgan fingerprint density at radius 3 is 2.29 bits per heavy atom. The average molecular weight is 241 g/mol. The van der Waals surface area contributed by atoms with Gasteiger partial charge in [0.05, 0.1) is 0 Å². The van der Waals surface area contributed by atoms with Gasteiger partial charge in [0.25, 0.3) is 0 Å². The van der Waals surface area contributed by atoms with E-state index in [1.165, 1.54) is 52.0 Å². The first-order chi connectivity index (χ1) is 8.15. The van der Waals surface area contributed by atoms with E-state index in [0.29, 0.717) is 12.1 Å². The van der Waals surface area contributed by atoms with Crippen LogP contribution in [-0.2, 0) is 0 Å². The fourth-order valence-electron chi connectivity index (χ4n) is 2.58. The van der Waals surface area contributed by atoms with Crippen LogP contribution in [0.15, 0.2) is 0 Å². The smallest absolute Gasteiger partial charge is 0.0195 e. The lowest BCUT2D eigenvalue weighted by molar-refractivity contribution is 0.0592. The summed E-state index contributed by atoms with van der Waals surface area (Å²) < 4.78 is 0. The molecular weight excluding hydrogens is 210 g/mol. The van der Waals surface area contributed by atoms with Crippen molar-refractivity contribution in [1.29, 1.82) is 0 Å². The van der Waals surface area contributed by atoms with E-state index in [0.717, 1.165) is 0 Å². The average Bonchev–Trinajstić information content (AvgIpc) is 2.30. The third kappa shape index (κ3) is 5.36. The number of piperazine rings is 1. The summed E-state index contributed by atoms with van der Waals surface area (Å²) in [5.41, 5.74) is 0. The fourth-order valence-corrected chi connectivity index (χ4v) is 2.58. The van der Waals surface area contributed by atoms with Gasteiger partial charge in [-0.1, -0.05) is 6.92 Å². The highest BCUT2D eigenvalue weighted by Gasteiger charge is 2.25. The van der Waals surface area contributed by atoms with Gasteiger partial charge in [0.2, 0.25) is 0 Å². The van der Waals surface area contributed by atoms with E-state index in [-0.39, 0.29) is 0 Å². The molecule has 0 aromatic rings. The van der Waals surface area contributed by atoms with Crippen LogP contribution in [0.5, 0.6) is 0 Å². The van der Waals surface area contributed by atoms with Gasteiger partial charge in [0, 0.05) is 25.2 Å². The number of rotatable bonds is 7. The monoisotopic (exact) mass is 241 g/mol. The molecule has 3 nitrogen and oxygen atoms in total. The summed E-state index contributed by atoms with van der Waals surface area (Å²) >= 11 is 0. The molecule has 0 spiro atoms. The van der Waals surface area contributed by atoms with Crippen LogP contribution in [0.4, 0.5) is 0 Å². The lowest BCUT2D eigenvalue weighted by Gasteiger charge is -2.42. The molecule has 0 radical (unpaired) electrons. The zero-order valence-corrected chi connectivity index (χ0v) is 12.2. The van der Waals surface area contributed by atoms with Crippen molar-refractivity contribution in [1.82, 2.24) is 15.1 Å². The molecule has 1 aliphatic rings. The van der Waals surface area contributed by atoms with Crippen LogP contribution in [-0.4, -0.2) is 61.7 Å². The SMILES string of the molecule is CCCNCCCCN1CC(C)N(C)C(C)C1. The maximum absolute atomic E-state index is 3.47. The van der Waals surface area contributed by atoms with Crippen molar-refractivity contribution in [2.45, 2.75) is 52.1 Å². The van der Waals surface area contributed by atoms with Gasteiger partial charge in [0.1, 0.15) is 0 Å². The number of nitrogens with zero attached hydrogens (tertiary/aromatic N) is 2. The first-order valence-corrected chi connectivity index (χ1v) is 7.30. The van der Waals surface area contributed by atoms with E-state index >= 15 is 0 Å². The van der Waals surface area contributed by atoms with Crippen LogP contribution in [0, 0.1) is 0 Å². The van der Waals surface area contributed by atoms with E-state index in [4.69, 9.17) is 0 Å². The first-order valence-electron chi connectivity index (χ1n) is 7.30. The van der Waals surface area contributed by atoms with Gasteiger partial charge in [0.15, 0.2) is 0 Å². The minimum Gasteiger partial charge on any atom is -0.317 e. The normalized spacial score (nSPS) is 27.5. The van der Waals surface area contributed by atoms with Gasteiger partial charge in [-0.05, 0) is 59.8 Å². The van der Waals surface area contributed by atoms with Crippen molar-refractivity contribution in [3.05, 3.63) is 0 Å². The van der Waals surface area contributed by atoms with Crippen LogP contribution < -0.4 is 5.32 Å². The molecule has 1 fully saturated rings. The lowest BCUT2D eigenvalue weighted by atomic mass is 10.1. The molecular formula is C14H31N3. The van der Waals surface area contributed by atoms with Crippen molar-refractivity contribution >= 4 is 0 Å². The van der Waals surface area contributed by atoms with Crippen molar-refractivity contribution in [2.24, 2.45) is 0 Å². The number of nitrogens with one attached hydrogen (secondary N) is 1. The largest absolute Gasteiger partial charge is 0.317 e. The third-order valence-electron chi connectivity index (χ3n) is 3.94. The number of hydrogen-bond donors (Lipinski definition) is 1. The molecule has 0 amide bonds. The Balaban J connectivity index is 2.07. The Morgan fingerprint density at radius 1 is 1.06 bits per heavy atom. The molecule has 2 unspecified atom stereocenters. The highest BCUT2D eigenvalue weighted by Crippen LogP contribution is 2.13. The maximum Gasteiger partial charge on any atom is 0.0195 e. The molecule has 0 bridgehead atoms. The topological polar surface area (TPSA) is 18.5 Å². The van der Waals surface area contributed by atoms with Crippen molar-refractivity contribution in [3.8, 4) is 0 Å². The summed E-state index contributed by atoms with van der Waals surface area (Å²) in [5.74, 6) is 0. The van der Waals surface area contributed by atoms with Crippen molar-refractivity contribution in [2.75, 3.05) is 39.8 Å². The molecule has 1 rings (SSSR count). The molecule has 1 aliphatic heterocycles. The lowest BCUT2D eigenvalue weighted by Crippen LogP contribution is -2.54. The minimum atomic E-state index is 0.706. The van der Waals surface area contributed by atoms with Crippen LogP contribution in [0.1, 0.15) is 40.0 Å². The number of unbranched alkanes of at least 4 members (excludes halogenated alkanes) is 1. The zero-order chi connectivity index (χ0) is 12.7. The van der Waals surface area contributed by atoms with Gasteiger partial charge >= 0.3 is 0 Å². The Labute approximate surface area is 108 Å². The van der Waals surface area contributed by atoms with Gasteiger partial charge < -0.3 is 10.2 Å². The van der Waals surface area contributed by atoms with Crippen LogP contribution >= 0.6 is 0 Å². The fraction of sp³-hybridized carbons (Fsp3) is 1.00. The van der Waals surface area contributed by atoms with E-state index in [2.05, 4.69) is 42.9 Å². The summed E-state index contributed by atoms with van der Waals surface area (Å²) in [6.07, 6.45) is 3.89. The summed E-state index contributed by atoms with van der Waals surface area (Å²) in [7, 11) is 2.25. The van der Waals surface area contributed by atoms with E-state index in [1.807, 2.05) is 0 Å². The molecule has 0 saturated carbocycles. The molecule has 1 heterocycles. The van der Waals surface area contributed by atoms with E-state index in [9.17, 15) is 0 Å². The van der Waals surface area contributed by atoms with Gasteiger partial charge in [-0.3, -0.25) is 4.90 Å². The predicted octanol–water partition coefficient (Wildman–Crippen LogP) is 1.79. The highest BCUT2D eigenvalue weighted by atomic mass is 15.3. The highest BCUT2D eigenvalue weighted by molar-refractivity contribution is 4.82. The van der Waals surface area contributed by atoms with E-state index < -0.39 is 0 Å². The van der Waals surface area contributed by atoms with Gasteiger partial charge in [-0.25, -0.2) is 0 Å². The van der Waals surface area contributed by atoms with Gasteiger partial charge in [-0.15, -0.1) is 0 Å². The second-order valence-corrected chi connectivity index (χ2v) is 5.58. The molecule has 0 aromatic heterocycles. The minimum absolute atomic E-state index is 0.706. The molecule has 3 heteroatoms. The molecule has 1 N–H and O–H groups in total. The Morgan fingerprint density at radius 2 is 1.71 bits per heavy atom. The molecule has 0 aliphatic carbocycles. The second-order valence-electron chi connectivity index (χ2n) is 5.58. The third-order valence-corrected chi connectivity index (χ3v) is 3.94. The summed E-state index contributed by atoms with van der Waals surface area (Å²) in [4.78, 5) is 5.13. The Kier molecular flexibility index (Phi) is 7.09. The first kappa shape index (κ1) is 14.9. The predicted molar refractivity (Wildman–Crippen MR) is 75.5 cm³/mol. The van der Waals surface area contributed by atoms with Crippen molar-refractivity contribution in [3.63, 3.8) is 0 Å². The maximum atomic E-state index is 3.47. The molecule has 17 heavy (non-hydrogen) atoms. The molecule has 0 aromatic carbocycles. The second kappa shape index (κ2) is 8.06. The quantitative estimate of drug-likeness (QED) is 0.686. The van der Waals surface area contributed by atoms with Crippen LogP contribution in [0.2, 0.25) is 0 Å². The standard InChI is InChI=1S/C14H31N3/c1-5-8-15-9-6-7-10-17-11-13(2)16(4)14(3)12-17/h13-15H,5-12H2,1-4H3. The number of likely N-dealkylation sites (N-methyl/N-ethyl adjacent to an activating group) is 1. The summed E-state index contributed by atoms with van der Waals surface area (Å²) in [5, 5.41) is 3.47. The molecule has 2 atom stereocenters. The van der Waals surface area contributed by atoms with Crippen LogP contribution in [0.25, 0.3) is 0 Å². The van der Waals surface area contributed by atoms with E-state index in [1.54, 1.807) is 0 Å². The Hall–Kier alpha value is -0.120. The zero-order valence-electron chi connectivity index (χ0n) is 12.2. The summed E-state index contributed by atoms with van der Waals surface area (Å²) in [6, 6.07) is 1.41. The Bertz CT molecular complexity index is 184. The molecule has 1 saturated heterocycles.